The molecular weight excluding hydrogens is 458 g/mol. The van der Waals surface area contributed by atoms with Crippen molar-refractivity contribution in [3.63, 3.8) is 0 Å². The van der Waals surface area contributed by atoms with Gasteiger partial charge in [-0.3, -0.25) is 9.36 Å². The molecule has 0 atom stereocenters. The SMILES string of the molecule is CC(C)(C)OC(=O)N1CCN(c2ccc(Nc3ncc4ccc(=O)n(C5CCCC5)c4n3)nc2)CC1. The lowest BCUT2D eigenvalue weighted by Gasteiger charge is -2.36. The number of carbonyl (C=O) groups is 1. The van der Waals surface area contributed by atoms with Gasteiger partial charge in [0.15, 0.2) is 0 Å². The Morgan fingerprint density at radius 1 is 1.00 bits per heavy atom. The third-order valence-electron chi connectivity index (χ3n) is 6.64. The van der Waals surface area contributed by atoms with Gasteiger partial charge in [-0.2, -0.15) is 4.98 Å². The molecule has 3 aromatic rings. The summed E-state index contributed by atoms with van der Waals surface area (Å²) in [5, 5.41) is 4.02. The van der Waals surface area contributed by atoms with Crippen LogP contribution in [-0.4, -0.2) is 62.3 Å². The highest BCUT2D eigenvalue weighted by molar-refractivity contribution is 5.75. The Morgan fingerprint density at radius 2 is 1.75 bits per heavy atom. The number of aromatic nitrogens is 4. The Bertz CT molecular complexity index is 1290. The quantitative estimate of drug-likeness (QED) is 0.582. The van der Waals surface area contributed by atoms with Crippen LogP contribution in [0.3, 0.4) is 0 Å². The van der Waals surface area contributed by atoms with Crippen LogP contribution in [-0.2, 0) is 4.74 Å². The number of nitrogens with zero attached hydrogens (tertiary/aromatic N) is 6. The molecule has 2 fully saturated rings. The lowest BCUT2D eigenvalue weighted by atomic mass is 10.2. The summed E-state index contributed by atoms with van der Waals surface area (Å²) in [6.07, 6.45) is 7.55. The lowest BCUT2D eigenvalue weighted by Crippen LogP contribution is -2.50. The Balaban J connectivity index is 1.25. The first-order valence-electron chi connectivity index (χ1n) is 12.6. The third-order valence-corrected chi connectivity index (χ3v) is 6.64. The minimum absolute atomic E-state index is 0.0201. The maximum Gasteiger partial charge on any atom is 0.410 e. The molecule has 36 heavy (non-hydrogen) atoms. The average molecular weight is 492 g/mol. The van der Waals surface area contributed by atoms with Gasteiger partial charge in [-0.15, -0.1) is 0 Å². The second-order valence-corrected chi connectivity index (χ2v) is 10.4. The van der Waals surface area contributed by atoms with Crippen molar-refractivity contribution >= 4 is 34.6 Å². The number of piperazine rings is 1. The maximum atomic E-state index is 12.6. The van der Waals surface area contributed by atoms with Crippen molar-refractivity contribution in [2.45, 2.75) is 58.1 Å². The summed E-state index contributed by atoms with van der Waals surface area (Å²) in [5.74, 6) is 1.03. The zero-order valence-electron chi connectivity index (χ0n) is 21.1. The predicted molar refractivity (Wildman–Crippen MR) is 139 cm³/mol. The molecule has 1 saturated carbocycles. The van der Waals surface area contributed by atoms with E-state index in [1.807, 2.05) is 37.5 Å². The molecule has 3 aromatic heterocycles. The smallest absolute Gasteiger partial charge is 0.410 e. The molecule has 4 heterocycles. The van der Waals surface area contributed by atoms with E-state index in [4.69, 9.17) is 4.74 Å². The van der Waals surface area contributed by atoms with E-state index in [9.17, 15) is 9.59 Å². The molecule has 10 heteroatoms. The van der Waals surface area contributed by atoms with Crippen molar-refractivity contribution in [3.8, 4) is 0 Å². The van der Waals surface area contributed by atoms with Crippen LogP contribution in [0, 0.1) is 0 Å². The van der Waals surface area contributed by atoms with E-state index in [0.717, 1.165) is 36.8 Å². The Labute approximate surface area is 210 Å². The van der Waals surface area contributed by atoms with Crippen LogP contribution < -0.4 is 15.8 Å². The second-order valence-electron chi connectivity index (χ2n) is 10.4. The van der Waals surface area contributed by atoms with Crippen molar-refractivity contribution in [1.29, 1.82) is 0 Å². The van der Waals surface area contributed by atoms with Crippen LogP contribution in [0.15, 0.2) is 41.5 Å². The van der Waals surface area contributed by atoms with Gasteiger partial charge in [0, 0.05) is 49.9 Å². The monoisotopic (exact) mass is 491 g/mol. The molecule has 10 nitrogen and oxygen atoms in total. The van der Waals surface area contributed by atoms with Gasteiger partial charge >= 0.3 is 6.09 Å². The Hall–Kier alpha value is -3.69. The Morgan fingerprint density at radius 3 is 2.42 bits per heavy atom. The minimum atomic E-state index is -0.496. The standard InChI is InChI=1S/C26H33N7O3/c1-26(2,3)36-25(35)32-14-12-31(13-15-32)20-9-10-21(27-17-20)29-24-28-16-18-8-11-22(34)33(23(18)30-24)19-6-4-5-7-19/h8-11,16-17,19H,4-7,12-15H2,1-3H3,(H,27,28,29,30). The van der Waals surface area contributed by atoms with Gasteiger partial charge in [0.2, 0.25) is 5.95 Å². The summed E-state index contributed by atoms with van der Waals surface area (Å²) in [4.78, 5) is 42.5. The number of carbonyl (C=O) groups excluding carboxylic acids is 1. The number of nitrogens with one attached hydrogen (secondary N) is 1. The molecule has 0 aromatic carbocycles. The van der Waals surface area contributed by atoms with E-state index in [1.54, 1.807) is 29.4 Å². The number of amides is 1. The highest BCUT2D eigenvalue weighted by Crippen LogP contribution is 2.30. The zero-order valence-corrected chi connectivity index (χ0v) is 21.1. The van der Waals surface area contributed by atoms with Crippen molar-refractivity contribution < 1.29 is 9.53 Å². The van der Waals surface area contributed by atoms with E-state index < -0.39 is 5.60 Å². The highest BCUT2D eigenvalue weighted by atomic mass is 16.6. The molecule has 5 rings (SSSR count). The molecule has 1 aliphatic heterocycles. The van der Waals surface area contributed by atoms with Gasteiger partial charge in [-0.25, -0.2) is 14.8 Å². The van der Waals surface area contributed by atoms with E-state index in [-0.39, 0.29) is 17.7 Å². The number of hydrogen-bond donors (Lipinski definition) is 1. The van der Waals surface area contributed by atoms with Crippen LogP contribution in [0.1, 0.15) is 52.5 Å². The molecule has 1 N–H and O–H groups in total. The minimum Gasteiger partial charge on any atom is -0.444 e. The van der Waals surface area contributed by atoms with Crippen LogP contribution >= 0.6 is 0 Å². The molecule has 1 saturated heterocycles. The van der Waals surface area contributed by atoms with Crippen molar-refractivity contribution in [2.75, 3.05) is 36.4 Å². The first-order valence-corrected chi connectivity index (χ1v) is 12.6. The fraction of sp³-hybridized carbons (Fsp3) is 0.500. The van der Waals surface area contributed by atoms with E-state index in [0.29, 0.717) is 43.6 Å². The number of anilines is 3. The molecule has 0 spiro atoms. The van der Waals surface area contributed by atoms with Crippen LogP contribution in [0.2, 0.25) is 0 Å². The first kappa shape index (κ1) is 24.0. The summed E-state index contributed by atoms with van der Waals surface area (Å²) in [6, 6.07) is 7.46. The Kier molecular flexibility index (Phi) is 6.51. The molecule has 0 radical (unpaired) electrons. The number of hydrogen-bond acceptors (Lipinski definition) is 8. The third kappa shape index (κ3) is 5.27. The van der Waals surface area contributed by atoms with Crippen LogP contribution in [0.4, 0.5) is 22.2 Å². The summed E-state index contributed by atoms with van der Waals surface area (Å²) < 4.78 is 7.30. The molecule has 190 valence electrons. The zero-order chi connectivity index (χ0) is 25.3. The van der Waals surface area contributed by atoms with Crippen molar-refractivity contribution in [3.05, 3.63) is 47.0 Å². The van der Waals surface area contributed by atoms with Crippen molar-refractivity contribution in [1.82, 2.24) is 24.4 Å². The van der Waals surface area contributed by atoms with Crippen LogP contribution in [0.5, 0.6) is 0 Å². The maximum absolute atomic E-state index is 12.6. The van der Waals surface area contributed by atoms with Gasteiger partial charge in [0.05, 0.1) is 11.9 Å². The summed E-state index contributed by atoms with van der Waals surface area (Å²) in [5.41, 5.74) is 1.13. The number of ether oxygens (including phenoxy) is 1. The fourth-order valence-electron chi connectivity index (χ4n) is 4.85. The number of fused-ring (bicyclic) bond motifs is 1. The highest BCUT2D eigenvalue weighted by Gasteiger charge is 2.26. The van der Waals surface area contributed by atoms with E-state index in [1.165, 1.54) is 0 Å². The topological polar surface area (TPSA) is 105 Å². The van der Waals surface area contributed by atoms with Crippen LogP contribution in [0.25, 0.3) is 11.0 Å². The van der Waals surface area contributed by atoms with E-state index in [2.05, 4.69) is 25.2 Å². The molecule has 1 aliphatic carbocycles. The lowest BCUT2D eigenvalue weighted by molar-refractivity contribution is 0.0240. The van der Waals surface area contributed by atoms with Gasteiger partial charge in [0.25, 0.3) is 5.56 Å². The summed E-state index contributed by atoms with van der Waals surface area (Å²) in [7, 11) is 0. The summed E-state index contributed by atoms with van der Waals surface area (Å²) in [6.45, 7) is 8.24. The summed E-state index contributed by atoms with van der Waals surface area (Å²) >= 11 is 0. The van der Waals surface area contributed by atoms with Crippen molar-refractivity contribution in [2.24, 2.45) is 0 Å². The van der Waals surface area contributed by atoms with E-state index >= 15 is 0 Å². The van der Waals surface area contributed by atoms with Gasteiger partial charge < -0.3 is 19.9 Å². The molecule has 1 amide bonds. The normalized spacial score (nSPS) is 17.0. The predicted octanol–water partition coefficient (Wildman–Crippen LogP) is 4.10. The first-order chi connectivity index (χ1) is 17.3. The largest absolute Gasteiger partial charge is 0.444 e. The van der Waals surface area contributed by atoms with Gasteiger partial charge in [0.1, 0.15) is 17.1 Å². The van der Waals surface area contributed by atoms with Gasteiger partial charge in [-0.05, 0) is 51.8 Å². The molecule has 0 unspecified atom stereocenters. The molecule has 0 bridgehead atoms. The van der Waals surface area contributed by atoms with Gasteiger partial charge in [-0.1, -0.05) is 12.8 Å². The number of pyridine rings is 2. The number of rotatable bonds is 4. The molecule has 2 aliphatic rings. The molecular formula is C26H33N7O3. The fourth-order valence-corrected chi connectivity index (χ4v) is 4.85. The second kappa shape index (κ2) is 9.75. The average Bonchev–Trinajstić information content (AvgIpc) is 3.38.